The van der Waals surface area contributed by atoms with E-state index < -0.39 is 24.0 Å². The van der Waals surface area contributed by atoms with E-state index in [1.165, 1.54) is 25.5 Å². The Morgan fingerprint density at radius 2 is 1.94 bits per heavy atom. The summed E-state index contributed by atoms with van der Waals surface area (Å²) < 4.78 is 76.6. The fraction of sp³-hybridized carbons (Fsp3) is 0.250. The molecule has 0 saturated carbocycles. The Balaban J connectivity index is 1.83. The van der Waals surface area contributed by atoms with Crippen LogP contribution in [0.25, 0.3) is 0 Å². The molecule has 0 aliphatic heterocycles. The summed E-state index contributed by atoms with van der Waals surface area (Å²) in [6.45, 7) is -0.0862. The maximum absolute atomic E-state index is 13.1. The molecule has 0 fully saturated rings. The Bertz CT molecular complexity index is 1100. The van der Waals surface area contributed by atoms with Gasteiger partial charge in [-0.25, -0.2) is 8.78 Å². The van der Waals surface area contributed by atoms with Gasteiger partial charge in [-0.2, -0.15) is 22.9 Å². The van der Waals surface area contributed by atoms with Gasteiger partial charge in [-0.1, -0.05) is 17.8 Å². The standard InChI is InChI=1S/C20H17F5N4O2S/c1-30-16-7-6-12(10-26-29-18(17(21)22)27-28-19(29)32-2)8-13(16)11-31-15-5-3-4-14(9-15)20(23,24)25/h3-10,17H,11H2,1-2H3/b26-10-. The summed E-state index contributed by atoms with van der Waals surface area (Å²) in [4.78, 5) is 0. The number of ether oxygens (including phenoxy) is 2. The van der Waals surface area contributed by atoms with Gasteiger partial charge in [-0.15, -0.1) is 10.2 Å². The molecule has 0 amide bonds. The van der Waals surface area contributed by atoms with E-state index in [4.69, 9.17) is 9.47 Å². The lowest BCUT2D eigenvalue weighted by Gasteiger charge is -2.13. The minimum atomic E-state index is -4.48. The SMILES string of the molecule is COc1ccc(/C=N\n2c(SC)nnc2C(F)F)cc1COc1cccc(C(F)(F)F)c1. The molecule has 0 saturated heterocycles. The monoisotopic (exact) mass is 472 g/mol. The van der Waals surface area contributed by atoms with Gasteiger partial charge in [0.2, 0.25) is 11.0 Å². The van der Waals surface area contributed by atoms with Crippen molar-refractivity contribution >= 4 is 18.0 Å². The summed E-state index contributed by atoms with van der Waals surface area (Å²) >= 11 is 1.11. The van der Waals surface area contributed by atoms with E-state index in [0.29, 0.717) is 16.9 Å². The Kier molecular flexibility index (Phi) is 7.33. The van der Waals surface area contributed by atoms with Crippen molar-refractivity contribution < 1.29 is 31.4 Å². The van der Waals surface area contributed by atoms with Crippen molar-refractivity contribution in [3.63, 3.8) is 0 Å². The van der Waals surface area contributed by atoms with Crippen LogP contribution in [0.1, 0.15) is 28.9 Å². The largest absolute Gasteiger partial charge is 0.496 e. The van der Waals surface area contributed by atoms with E-state index in [0.717, 1.165) is 28.6 Å². The minimum Gasteiger partial charge on any atom is -0.496 e. The molecule has 3 rings (SSSR count). The van der Waals surface area contributed by atoms with Gasteiger partial charge in [0.05, 0.1) is 18.9 Å². The number of hydrogen-bond acceptors (Lipinski definition) is 6. The number of aromatic nitrogens is 3. The summed E-state index contributed by atoms with van der Waals surface area (Å²) in [5, 5.41) is 11.3. The Hall–Kier alpha value is -3.15. The van der Waals surface area contributed by atoms with E-state index in [1.807, 2.05) is 0 Å². The zero-order chi connectivity index (χ0) is 23.3. The van der Waals surface area contributed by atoms with Crippen LogP contribution in [0.3, 0.4) is 0 Å². The van der Waals surface area contributed by atoms with Gasteiger partial charge in [-0.05, 0) is 48.2 Å². The van der Waals surface area contributed by atoms with Crippen LogP contribution >= 0.6 is 11.8 Å². The van der Waals surface area contributed by atoms with Gasteiger partial charge >= 0.3 is 6.18 Å². The molecule has 2 aromatic carbocycles. The third-order valence-corrected chi connectivity index (χ3v) is 4.82. The predicted octanol–water partition coefficient (Wildman–Crippen LogP) is 5.43. The smallest absolute Gasteiger partial charge is 0.416 e. The van der Waals surface area contributed by atoms with Gasteiger partial charge in [-0.3, -0.25) is 0 Å². The second-order valence-corrected chi connectivity index (χ2v) is 7.06. The lowest BCUT2D eigenvalue weighted by molar-refractivity contribution is -0.137. The average Bonchev–Trinajstić information content (AvgIpc) is 3.19. The number of rotatable bonds is 8. The molecule has 0 spiro atoms. The molecule has 12 heteroatoms. The highest BCUT2D eigenvalue weighted by Crippen LogP contribution is 2.32. The van der Waals surface area contributed by atoms with Gasteiger partial charge in [0, 0.05) is 5.56 Å². The molecule has 0 unspecified atom stereocenters. The highest BCUT2D eigenvalue weighted by atomic mass is 32.2. The van der Waals surface area contributed by atoms with Crippen molar-refractivity contribution in [2.45, 2.75) is 24.4 Å². The van der Waals surface area contributed by atoms with Gasteiger partial charge < -0.3 is 9.47 Å². The number of halogens is 5. The third kappa shape index (κ3) is 5.55. The quantitative estimate of drug-likeness (QED) is 0.249. The van der Waals surface area contributed by atoms with Crippen LogP contribution in [-0.2, 0) is 12.8 Å². The molecular weight excluding hydrogens is 455 g/mol. The Labute approximate surface area is 184 Å². The molecule has 0 aliphatic rings. The molecule has 170 valence electrons. The first kappa shape index (κ1) is 23.5. The van der Waals surface area contributed by atoms with E-state index in [-0.39, 0.29) is 17.5 Å². The minimum absolute atomic E-state index is 0.0385. The number of hydrogen-bond donors (Lipinski definition) is 0. The van der Waals surface area contributed by atoms with E-state index in [1.54, 1.807) is 24.5 Å². The molecule has 0 N–H and O–H groups in total. The van der Waals surface area contributed by atoms with E-state index >= 15 is 0 Å². The van der Waals surface area contributed by atoms with Crippen LogP contribution in [0, 0.1) is 0 Å². The van der Waals surface area contributed by atoms with Crippen LogP contribution in [-0.4, -0.2) is 34.5 Å². The molecule has 3 aromatic rings. The number of thioether (sulfide) groups is 1. The lowest BCUT2D eigenvalue weighted by Crippen LogP contribution is -2.05. The Morgan fingerprint density at radius 1 is 1.16 bits per heavy atom. The summed E-state index contributed by atoms with van der Waals surface area (Å²) in [6.07, 6.45) is -4.35. The summed E-state index contributed by atoms with van der Waals surface area (Å²) in [5.41, 5.74) is 0.224. The van der Waals surface area contributed by atoms with Crippen LogP contribution in [0.4, 0.5) is 22.0 Å². The van der Waals surface area contributed by atoms with Crippen molar-refractivity contribution in [1.82, 2.24) is 14.9 Å². The lowest BCUT2D eigenvalue weighted by atomic mass is 10.1. The van der Waals surface area contributed by atoms with Crippen molar-refractivity contribution in [2.24, 2.45) is 5.10 Å². The second-order valence-electron chi connectivity index (χ2n) is 6.29. The molecule has 32 heavy (non-hydrogen) atoms. The molecule has 6 nitrogen and oxygen atoms in total. The fourth-order valence-corrected chi connectivity index (χ4v) is 3.12. The normalized spacial score (nSPS) is 12.0. The number of benzene rings is 2. The third-order valence-electron chi connectivity index (χ3n) is 4.20. The fourth-order valence-electron chi connectivity index (χ4n) is 2.69. The van der Waals surface area contributed by atoms with Gasteiger partial charge in [0.1, 0.15) is 18.1 Å². The second kappa shape index (κ2) is 9.98. The molecule has 0 radical (unpaired) electrons. The maximum atomic E-state index is 13.1. The first-order chi connectivity index (χ1) is 15.2. The summed E-state index contributed by atoms with van der Waals surface area (Å²) in [6, 6.07) is 9.40. The van der Waals surface area contributed by atoms with Crippen LogP contribution in [0.2, 0.25) is 0 Å². The van der Waals surface area contributed by atoms with Crippen LogP contribution in [0.15, 0.2) is 52.7 Å². The maximum Gasteiger partial charge on any atom is 0.416 e. The van der Waals surface area contributed by atoms with Crippen molar-refractivity contribution in [2.75, 3.05) is 13.4 Å². The predicted molar refractivity (Wildman–Crippen MR) is 109 cm³/mol. The number of nitrogens with zero attached hydrogens (tertiary/aromatic N) is 4. The molecule has 1 aromatic heterocycles. The molecule has 0 bridgehead atoms. The van der Waals surface area contributed by atoms with Gasteiger partial charge in [0.15, 0.2) is 0 Å². The van der Waals surface area contributed by atoms with Crippen molar-refractivity contribution in [3.8, 4) is 11.5 Å². The Morgan fingerprint density at radius 3 is 2.59 bits per heavy atom. The zero-order valence-corrected chi connectivity index (χ0v) is 17.6. The van der Waals surface area contributed by atoms with Crippen LogP contribution in [0.5, 0.6) is 11.5 Å². The highest BCUT2D eigenvalue weighted by Gasteiger charge is 2.30. The molecular formula is C20H17F5N4O2S. The number of methoxy groups -OCH3 is 1. The molecule has 0 atom stereocenters. The summed E-state index contributed by atoms with van der Waals surface area (Å²) in [5.74, 6) is -0.111. The average molecular weight is 472 g/mol. The van der Waals surface area contributed by atoms with E-state index in [9.17, 15) is 22.0 Å². The van der Waals surface area contributed by atoms with E-state index in [2.05, 4.69) is 15.3 Å². The molecule has 1 heterocycles. The van der Waals surface area contributed by atoms with Crippen molar-refractivity contribution in [3.05, 3.63) is 65.0 Å². The van der Waals surface area contributed by atoms with Crippen LogP contribution < -0.4 is 9.47 Å². The number of alkyl halides is 5. The topological polar surface area (TPSA) is 61.5 Å². The zero-order valence-electron chi connectivity index (χ0n) is 16.8. The van der Waals surface area contributed by atoms with Crippen molar-refractivity contribution in [1.29, 1.82) is 0 Å². The first-order valence-corrected chi connectivity index (χ1v) is 10.2. The summed E-state index contributed by atoms with van der Waals surface area (Å²) in [7, 11) is 1.44. The first-order valence-electron chi connectivity index (χ1n) is 9.01. The molecule has 0 aliphatic carbocycles. The van der Waals surface area contributed by atoms with Gasteiger partial charge in [0.25, 0.3) is 6.43 Å². The highest BCUT2D eigenvalue weighted by molar-refractivity contribution is 7.98.